The summed E-state index contributed by atoms with van der Waals surface area (Å²) in [6.45, 7) is 2.25. The van der Waals surface area contributed by atoms with Crippen LogP contribution in [0.2, 0.25) is 0 Å². The summed E-state index contributed by atoms with van der Waals surface area (Å²) in [5.74, 6) is -0.841. The maximum Gasteiger partial charge on any atom is 0.305 e. The molecule has 2 N–H and O–H groups in total. The molecule has 0 aliphatic carbocycles. The van der Waals surface area contributed by atoms with Gasteiger partial charge in [0.15, 0.2) is 11.5 Å². The van der Waals surface area contributed by atoms with Crippen LogP contribution >= 0.6 is 0 Å². The first kappa shape index (κ1) is 20.7. The molecule has 0 heterocycles. The minimum Gasteiger partial charge on any atom is -0.493 e. The highest BCUT2D eigenvalue weighted by Gasteiger charge is 2.21. The smallest absolute Gasteiger partial charge is 0.305 e. The van der Waals surface area contributed by atoms with Gasteiger partial charge in [0.2, 0.25) is 0 Å². The molecule has 1 atom stereocenters. The predicted octanol–water partition coefficient (Wildman–Crippen LogP) is 2.95. The predicted molar refractivity (Wildman–Crippen MR) is 99.7 cm³/mol. The Balaban J connectivity index is 2.31. The van der Waals surface area contributed by atoms with Crippen LogP contribution in [0.15, 0.2) is 42.5 Å². The number of aliphatic carboxylic acids is 1. The lowest BCUT2D eigenvalue weighted by Gasteiger charge is -2.19. The Morgan fingerprint density at radius 2 is 1.96 bits per heavy atom. The molecule has 0 spiro atoms. The van der Waals surface area contributed by atoms with Gasteiger partial charge in [-0.2, -0.15) is 0 Å². The van der Waals surface area contributed by atoms with Crippen LogP contribution < -0.4 is 14.8 Å². The minimum atomic E-state index is -1.11. The number of carboxylic acids is 1. The molecule has 0 unspecified atom stereocenters. The quantitative estimate of drug-likeness (QED) is 0.499. The second kappa shape index (κ2) is 9.36. The zero-order valence-electron chi connectivity index (χ0n) is 15.4. The summed E-state index contributed by atoms with van der Waals surface area (Å²) in [4.78, 5) is 34.1. The number of rotatable bonds is 9. The SMILES string of the molecule is CCOc1ccc([C@@H](CC(=O)O)NC(=O)c2cccc([N+](=O)[O-])c2)cc1OC. The molecule has 28 heavy (non-hydrogen) atoms. The van der Waals surface area contributed by atoms with E-state index < -0.39 is 22.8 Å². The molecular weight excluding hydrogens is 368 g/mol. The number of amides is 1. The van der Waals surface area contributed by atoms with Crippen LogP contribution in [0.5, 0.6) is 11.5 Å². The van der Waals surface area contributed by atoms with Gasteiger partial charge in [0.1, 0.15) is 0 Å². The van der Waals surface area contributed by atoms with Gasteiger partial charge in [0.05, 0.1) is 31.1 Å². The molecule has 0 saturated carbocycles. The van der Waals surface area contributed by atoms with Gasteiger partial charge in [0.25, 0.3) is 11.6 Å². The average Bonchev–Trinajstić information content (AvgIpc) is 2.67. The summed E-state index contributed by atoms with van der Waals surface area (Å²) in [6, 6.07) is 9.19. The molecule has 0 saturated heterocycles. The first-order valence-corrected chi connectivity index (χ1v) is 8.43. The van der Waals surface area contributed by atoms with E-state index in [-0.39, 0.29) is 17.7 Å². The van der Waals surface area contributed by atoms with Gasteiger partial charge in [-0.25, -0.2) is 0 Å². The Morgan fingerprint density at radius 1 is 1.21 bits per heavy atom. The third kappa shape index (κ3) is 5.19. The Morgan fingerprint density at radius 3 is 2.57 bits per heavy atom. The Kier molecular flexibility index (Phi) is 6.91. The van der Waals surface area contributed by atoms with Crippen molar-refractivity contribution in [3.05, 3.63) is 63.7 Å². The third-order valence-electron chi connectivity index (χ3n) is 3.89. The van der Waals surface area contributed by atoms with Crippen molar-refractivity contribution in [3.63, 3.8) is 0 Å². The third-order valence-corrected chi connectivity index (χ3v) is 3.89. The van der Waals surface area contributed by atoms with Gasteiger partial charge in [-0.15, -0.1) is 0 Å². The molecule has 9 nitrogen and oxygen atoms in total. The van der Waals surface area contributed by atoms with Crippen LogP contribution in [0.1, 0.15) is 35.3 Å². The average molecular weight is 388 g/mol. The van der Waals surface area contributed by atoms with Crippen molar-refractivity contribution in [2.75, 3.05) is 13.7 Å². The van der Waals surface area contributed by atoms with Crippen molar-refractivity contribution >= 4 is 17.6 Å². The molecule has 0 bridgehead atoms. The second-order valence-electron chi connectivity index (χ2n) is 5.77. The van der Waals surface area contributed by atoms with Crippen molar-refractivity contribution in [3.8, 4) is 11.5 Å². The Hall–Kier alpha value is -3.62. The summed E-state index contributed by atoms with van der Waals surface area (Å²) < 4.78 is 10.7. The highest BCUT2D eigenvalue weighted by atomic mass is 16.6. The molecule has 2 aromatic carbocycles. The maximum atomic E-state index is 12.5. The molecular formula is C19H20N2O7. The zero-order valence-corrected chi connectivity index (χ0v) is 15.4. The number of carbonyl (C=O) groups excluding carboxylic acids is 1. The fourth-order valence-corrected chi connectivity index (χ4v) is 2.60. The van der Waals surface area contributed by atoms with E-state index >= 15 is 0 Å². The lowest BCUT2D eigenvalue weighted by molar-refractivity contribution is -0.384. The van der Waals surface area contributed by atoms with E-state index in [1.54, 1.807) is 18.2 Å². The van der Waals surface area contributed by atoms with Gasteiger partial charge >= 0.3 is 5.97 Å². The number of nitrogens with one attached hydrogen (secondary N) is 1. The van der Waals surface area contributed by atoms with E-state index in [1.165, 1.54) is 25.3 Å². The van der Waals surface area contributed by atoms with E-state index in [4.69, 9.17) is 9.47 Å². The van der Waals surface area contributed by atoms with Crippen molar-refractivity contribution in [1.29, 1.82) is 0 Å². The van der Waals surface area contributed by atoms with Gasteiger partial charge < -0.3 is 19.9 Å². The number of nitro benzene ring substituents is 1. The van der Waals surface area contributed by atoms with E-state index in [0.29, 0.717) is 23.7 Å². The summed E-state index contributed by atoms with van der Waals surface area (Å²) >= 11 is 0. The minimum absolute atomic E-state index is 0.0579. The van der Waals surface area contributed by atoms with Crippen molar-refractivity contribution in [1.82, 2.24) is 5.32 Å². The number of methoxy groups -OCH3 is 1. The van der Waals surface area contributed by atoms with E-state index in [2.05, 4.69) is 5.32 Å². The lowest BCUT2D eigenvalue weighted by Crippen LogP contribution is -2.30. The first-order chi connectivity index (χ1) is 13.3. The fraction of sp³-hybridized carbons (Fsp3) is 0.263. The molecule has 0 aliphatic rings. The monoisotopic (exact) mass is 388 g/mol. The number of carboxylic acid groups (broad SMARTS) is 1. The number of non-ortho nitro benzene ring substituents is 1. The Bertz CT molecular complexity index is 882. The number of hydrogen-bond acceptors (Lipinski definition) is 6. The topological polar surface area (TPSA) is 128 Å². The lowest BCUT2D eigenvalue weighted by atomic mass is 10.0. The van der Waals surface area contributed by atoms with Gasteiger partial charge in [-0.1, -0.05) is 12.1 Å². The second-order valence-corrected chi connectivity index (χ2v) is 5.77. The molecule has 0 aromatic heterocycles. The molecule has 1 amide bonds. The van der Waals surface area contributed by atoms with Crippen LogP contribution in [-0.2, 0) is 4.79 Å². The number of nitrogens with zero attached hydrogens (tertiary/aromatic N) is 1. The van der Waals surface area contributed by atoms with Crippen molar-refractivity contribution in [2.45, 2.75) is 19.4 Å². The molecule has 0 aliphatic heterocycles. The van der Waals surface area contributed by atoms with Crippen molar-refractivity contribution in [2.24, 2.45) is 0 Å². The molecule has 2 rings (SSSR count). The molecule has 2 aromatic rings. The van der Waals surface area contributed by atoms with E-state index in [1.807, 2.05) is 6.92 Å². The van der Waals surface area contributed by atoms with Gasteiger partial charge in [-0.05, 0) is 30.7 Å². The number of hydrogen-bond donors (Lipinski definition) is 2. The summed E-state index contributed by atoms with van der Waals surface area (Å²) in [5, 5.41) is 22.7. The standard InChI is InChI=1S/C19H20N2O7/c1-3-28-16-8-7-12(10-17(16)27-2)15(11-18(22)23)20-19(24)13-5-4-6-14(9-13)21(25)26/h4-10,15H,3,11H2,1-2H3,(H,20,24)(H,22,23)/t15-/m1/s1. The number of ether oxygens (including phenoxy) is 2. The van der Waals surface area contributed by atoms with Gasteiger partial charge in [0, 0.05) is 17.7 Å². The first-order valence-electron chi connectivity index (χ1n) is 8.43. The number of benzene rings is 2. The van der Waals surface area contributed by atoms with Crippen LogP contribution in [0.3, 0.4) is 0 Å². The van der Waals surface area contributed by atoms with E-state index in [9.17, 15) is 24.8 Å². The maximum absolute atomic E-state index is 12.5. The van der Waals surface area contributed by atoms with Crippen LogP contribution in [0, 0.1) is 10.1 Å². The van der Waals surface area contributed by atoms with Crippen molar-refractivity contribution < 1.29 is 29.1 Å². The van der Waals surface area contributed by atoms with Gasteiger partial charge in [-0.3, -0.25) is 19.7 Å². The summed E-state index contributed by atoms with van der Waals surface area (Å²) in [5.41, 5.74) is 0.328. The highest BCUT2D eigenvalue weighted by Crippen LogP contribution is 2.31. The summed E-state index contributed by atoms with van der Waals surface area (Å²) in [6.07, 6.45) is -0.377. The normalized spacial score (nSPS) is 11.4. The summed E-state index contributed by atoms with van der Waals surface area (Å²) in [7, 11) is 1.45. The zero-order chi connectivity index (χ0) is 20.7. The molecule has 9 heteroatoms. The fourth-order valence-electron chi connectivity index (χ4n) is 2.60. The van der Waals surface area contributed by atoms with E-state index in [0.717, 1.165) is 6.07 Å². The molecule has 148 valence electrons. The largest absolute Gasteiger partial charge is 0.493 e. The highest BCUT2D eigenvalue weighted by molar-refractivity contribution is 5.95. The van der Waals surface area contributed by atoms with Crippen LogP contribution in [0.25, 0.3) is 0 Å². The number of nitro groups is 1. The Labute approximate surface area is 161 Å². The van der Waals surface area contributed by atoms with Crippen LogP contribution in [-0.4, -0.2) is 35.6 Å². The number of carbonyl (C=O) groups is 2. The molecule has 0 fully saturated rings. The van der Waals surface area contributed by atoms with Crippen LogP contribution in [0.4, 0.5) is 5.69 Å². The molecule has 0 radical (unpaired) electrons.